The Bertz CT molecular complexity index is 1510. The fraction of sp³-hybridized carbons (Fsp3) is 0.615. The molecule has 3 amide bonds. The van der Waals surface area contributed by atoms with Crippen LogP contribution in [0.5, 0.6) is 0 Å². The number of nitrogens with one attached hydrogen (secondary N) is 2. The highest BCUT2D eigenvalue weighted by Crippen LogP contribution is 2.55. The highest BCUT2D eigenvalue weighted by molar-refractivity contribution is 5.93. The molecule has 2 aliphatic carbocycles. The zero-order valence-electron chi connectivity index (χ0n) is 22.8. The number of fused-ring (bicyclic) bond motifs is 2. The molecule has 3 aromatic rings. The maximum atomic E-state index is 13.9. The van der Waals surface area contributed by atoms with Gasteiger partial charge in [-0.15, -0.1) is 0 Å². The van der Waals surface area contributed by atoms with Crippen LogP contribution in [0.4, 0.5) is 26.7 Å². The van der Waals surface area contributed by atoms with Gasteiger partial charge in [-0.25, -0.2) is 27.7 Å². The third-order valence-corrected chi connectivity index (χ3v) is 8.49. The number of amides is 3. The number of hydrogen-bond donors (Lipinski definition) is 2. The topological polar surface area (TPSA) is 131 Å². The number of urea groups is 1. The van der Waals surface area contributed by atoms with Crippen LogP contribution in [0.25, 0.3) is 5.65 Å². The van der Waals surface area contributed by atoms with Crippen molar-refractivity contribution in [2.24, 2.45) is 17.3 Å². The molecule has 3 aliphatic rings. The van der Waals surface area contributed by atoms with Gasteiger partial charge in [0, 0.05) is 25.6 Å². The summed E-state index contributed by atoms with van der Waals surface area (Å²) in [5.74, 6) is -5.17. The molecule has 4 heterocycles. The summed E-state index contributed by atoms with van der Waals surface area (Å²) in [5.41, 5.74) is -0.525. The molecule has 2 N–H and O–H groups in total. The van der Waals surface area contributed by atoms with E-state index in [1.165, 1.54) is 21.8 Å². The van der Waals surface area contributed by atoms with Gasteiger partial charge in [0.05, 0.1) is 41.4 Å². The van der Waals surface area contributed by atoms with Gasteiger partial charge in [-0.1, -0.05) is 19.0 Å². The van der Waals surface area contributed by atoms with E-state index >= 15 is 0 Å². The fourth-order valence-electron chi connectivity index (χ4n) is 5.31. The third-order valence-electron chi connectivity index (χ3n) is 8.49. The van der Waals surface area contributed by atoms with Gasteiger partial charge in [0.25, 0.3) is 11.8 Å². The van der Waals surface area contributed by atoms with Gasteiger partial charge in [0.1, 0.15) is 5.69 Å². The van der Waals surface area contributed by atoms with Crippen LogP contribution < -0.4 is 10.6 Å². The van der Waals surface area contributed by atoms with E-state index in [9.17, 15) is 31.5 Å². The molecule has 0 aromatic carbocycles. The molecule has 0 radical (unpaired) electrons. The molecule has 2 saturated carbocycles. The predicted molar refractivity (Wildman–Crippen MR) is 134 cm³/mol. The maximum Gasteiger partial charge on any atom is 0.393 e. The molecule has 226 valence electrons. The predicted octanol–water partition coefficient (Wildman–Crippen LogP) is 4.24. The van der Waals surface area contributed by atoms with Crippen molar-refractivity contribution in [1.29, 1.82) is 0 Å². The van der Waals surface area contributed by atoms with Gasteiger partial charge in [0.2, 0.25) is 0 Å². The Hall–Kier alpha value is -3.85. The van der Waals surface area contributed by atoms with Gasteiger partial charge >= 0.3 is 12.2 Å². The number of alkyl halides is 5. The van der Waals surface area contributed by atoms with E-state index in [4.69, 9.17) is 4.63 Å². The lowest BCUT2D eigenvalue weighted by Gasteiger charge is -2.29. The van der Waals surface area contributed by atoms with Crippen molar-refractivity contribution in [2.45, 2.75) is 70.1 Å². The standard InChI is InChI=1S/C26H29F5N8O3/c1-24(2,26(29,30)31)6-5-17(35-22(40)21-20(14-3-4-14)36-42-37-21)18-12-39-19(34-18)7-13(8-33-39)10-38-11-16-15(25(16,27)28)9-32-23(38)41/h7-8,12,14-17H,3-6,9-11H2,1-2H3,(H,32,41)(H,35,40)/t15-,16+,17-/m0/s1. The Morgan fingerprint density at radius 2 is 2.00 bits per heavy atom. The van der Waals surface area contributed by atoms with E-state index in [1.807, 2.05) is 0 Å². The van der Waals surface area contributed by atoms with Gasteiger partial charge in [-0.05, 0) is 42.5 Å². The second-order valence-corrected chi connectivity index (χ2v) is 12.0. The highest BCUT2D eigenvalue weighted by atomic mass is 19.4. The zero-order chi connectivity index (χ0) is 30.0. The Kier molecular flexibility index (Phi) is 6.64. The second-order valence-electron chi connectivity index (χ2n) is 12.0. The monoisotopic (exact) mass is 596 g/mol. The molecule has 1 aliphatic heterocycles. The van der Waals surface area contributed by atoms with E-state index in [-0.39, 0.29) is 49.8 Å². The molecule has 6 rings (SSSR count). The quantitative estimate of drug-likeness (QED) is 0.354. The first-order valence-corrected chi connectivity index (χ1v) is 13.7. The molecule has 11 nitrogen and oxygen atoms in total. The average molecular weight is 597 g/mol. The van der Waals surface area contributed by atoms with Crippen LogP contribution in [0.2, 0.25) is 0 Å². The Labute approximate surface area is 236 Å². The van der Waals surface area contributed by atoms with Crippen LogP contribution in [-0.2, 0) is 6.54 Å². The summed E-state index contributed by atoms with van der Waals surface area (Å²) in [5, 5.41) is 17.1. The van der Waals surface area contributed by atoms with Gasteiger partial charge in [0.15, 0.2) is 11.3 Å². The number of hydrogen-bond acceptors (Lipinski definition) is 7. The lowest BCUT2D eigenvalue weighted by molar-refractivity contribution is -0.214. The first-order chi connectivity index (χ1) is 19.7. The molecule has 3 atom stereocenters. The summed E-state index contributed by atoms with van der Waals surface area (Å²) in [6, 6.07) is 0.228. The van der Waals surface area contributed by atoms with Crippen molar-refractivity contribution in [1.82, 2.24) is 40.4 Å². The first-order valence-electron chi connectivity index (χ1n) is 13.7. The Morgan fingerprint density at radius 1 is 1.24 bits per heavy atom. The van der Waals surface area contributed by atoms with E-state index in [0.717, 1.165) is 26.7 Å². The van der Waals surface area contributed by atoms with Gasteiger partial charge < -0.3 is 15.5 Å². The highest BCUT2D eigenvalue weighted by Gasteiger charge is 2.69. The van der Waals surface area contributed by atoms with Crippen LogP contribution in [0.15, 0.2) is 23.1 Å². The normalized spacial score (nSPS) is 22.8. The summed E-state index contributed by atoms with van der Waals surface area (Å²) in [4.78, 5) is 31.4. The van der Waals surface area contributed by atoms with Gasteiger partial charge in [-0.2, -0.15) is 18.3 Å². The van der Waals surface area contributed by atoms with E-state index in [1.54, 1.807) is 6.07 Å². The summed E-state index contributed by atoms with van der Waals surface area (Å²) in [7, 11) is 0. The van der Waals surface area contributed by atoms with E-state index in [0.29, 0.717) is 16.9 Å². The molecule has 3 aromatic heterocycles. The fourth-order valence-corrected chi connectivity index (χ4v) is 5.31. The van der Waals surface area contributed by atoms with Crippen LogP contribution in [-0.4, -0.2) is 66.9 Å². The summed E-state index contributed by atoms with van der Waals surface area (Å²) in [6.07, 6.45) is -0.233. The minimum Gasteiger partial charge on any atom is -0.342 e. The van der Waals surface area contributed by atoms with Crippen LogP contribution >= 0.6 is 0 Å². The Morgan fingerprint density at radius 3 is 2.71 bits per heavy atom. The van der Waals surface area contributed by atoms with E-state index in [2.05, 4.69) is 31.0 Å². The largest absolute Gasteiger partial charge is 0.393 e. The SMILES string of the molecule is CC(C)(CC[C@H](NC(=O)c1nonc1C1CC1)c1cn2ncc(CN3C[C@@H]4[C@H](CNC3=O)C4(F)F)cc2n1)C(F)(F)F. The number of aromatic nitrogens is 5. The molecule has 1 saturated heterocycles. The van der Waals surface area contributed by atoms with Gasteiger partial charge in [-0.3, -0.25) is 4.79 Å². The molecule has 0 bridgehead atoms. The number of halogens is 5. The summed E-state index contributed by atoms with van der Waals surface area (Å²) < 4.78 is 74.9. The summed E-state index contributed by atoms with van der Waals surface area (Å²) >= 11 is 0. The average Bonchev–Trinajstić information content (AvgIpc) is 3.71. The van der Waals surface area contributed by atoms with Crippen molar-refractivity contribution >= 4 is 17.6 Å². The third kappa shape index (κ3) is 5.26. The van der Waals surface area contributed by atoms with Crippen molar-refractivity contribution < 1.29 is 36.2 Å². The molecular weight excluding hydrogens is 567 g/mol. The smallest absolute Gasteiger partial charge is 0.342 e. The van der Waals surface area contributed by atoms with Crippen LogP contribution in [0.1, 0.15) is 78.9 Å². The molecule has 0 unspecified atom stereocenters. The number of carbonyl (C=O) groups is 2. The molecular formula is C26H29F5N8O3. The van der Waals surface area contributed by atoms with Crippen molar-refractivity contribution in [2.75, 3.05) is 13.1 Å². The lowest BCUT2D eigenvalue weighted by Crippen LogP contribution is -2.40. The zero-order valence-corrected chi connectivity index (χ0v) is 22.8. The van der Waals surface area contributed by atoms with Crippen molar-refractivity contribution in [3.8, 4) is 0 Å². The number of imidazole rings is 1. The maximum absolute atomic E-state index is 13.9. The Balaban J connectivity index is 1.23. The number of rotatable bonds is 9. The minimum absolute atomic E-state index is 0.0130. The van der Waals surface area contributed by atoms with E-state index < -0.39 is 47.3 Å². The summed E-state index contributed by atoms with van der Waals surface area (Å²) in [6.45, 7) is 2.01. The van der Waals surface area contributed by atoms with Crippen molar-refractivity contribution in [3.05, 3.63) is 41.1 Å². The molecule has 42 heavy (non-hydrogen) atoms. The van der Waals surface area contributed by atoms with Crippen molar-refractivity contribution in [3.63, 3.8) is 0 Å². The number of carbonyl (C=O) groups excluding carboxylic acids is 2. The second kappa shape index (κ2) is 9.87. The van der Waals surface area contributed by atoms with Crippen LogP contribution in [0, 0.1) is 17.3 Å². The molecule has 0 spiro atoms. The molecule has 16 heteroatoms. The first kappa shape index (κ1) is 28.3. The number of nitrogens with zero attached hydrogens (tertiary/aromatic N) is 6. The minimum atomic E-state index is -4.46. The molecule has 3 fully saturated rings. The van der Waals surface area contributed by atoms with Crippen LogP contribution in [0.3, 0.4) is 0 Å². The lowest BCUT2D eigenvalue weighted by atomic mass is 9.85.